The van der Waals surface area contributed by atoms with Crippen LogP contribution in [0.4, 0.5) is 4.39 Å². The fourth-order valence-corrected chi connectivity index (χ4v) is 6.26. The minimum Gasteiger partial charge on any atom is -0.355 e. The number of aryl methyl sites for hydroxylation is 2. The summed E-state index contributed by atoms with van der Waals surface area (Å²) in [6, 6.07) is 22.1. The zero-order chi connectivity index (χ0) is 27.5. The molecule has 39 heavy (non-hydrogen) atoms. The van der Waals surface area contributed by atoms with Crippen molar-refractivity contribution in [3.8, 4) is 11.4 Å². The van der Waals surface area contributed by atoms with E-state index in [9.17, 15) is 14.0 Å². The van der Waals surface area contributed by atoms with Gasteiger partial charge in [0.1, 0.15) is 10.5 Å². The Bertz CT molecular complexity index is 1780. The number of nitrogens with zero attached hydrogens (tertiary/aromatic N) is 3. The van der Waals surface area contributed by atoms with Gasteiger partial charge in [0.25, 0.3) is 5.56 Å². The maximum absolute atomic E-state index is 14.9. The lowest BCUT2D eigenvalue weighted by molar-refractivity contribution is -0.118. The molecule has 5 rings (SSSR count). The van der Waals surface area contributed by atoms with Crippen molar-refractivity contribution in [3.05, 3.63) is 110 Å². The van der Waals surface area contributed by atoms with E-state index in [1.54, 1.807) is 12.1 Å². The van der Waals surface area contributed by atoms with Gasteiger partial charge in [-0.05, 0) is 67.9 Å². The second-order valence-corrected chi connectivity index (χ2v) is 11.6. The van der Waals surface area contributed by atoms with Crippen molar-refractivity contribution in [2.75, 3.05) is 12.3 Å². The largest absolute Gasteiger partial charge is 0.355 e. The standard InChI is InChI=1S/C29H25FN4O2S3/c1-18-8-11-21(12-9-18)33-27(36)25-26(34(29(37)39-25)23-16-19(2)10-13-22(23)30)32-28(33)38-17-24(35)31-15-14-20-6-4-3-5-7-20/h3-13,16H,14-15,17H2,1-2H3,(H,31,35). The van der Waals surface area contributed by atoms with Crippen LogP contribution in [-0.4, -0.2) is 32.3 Å². The number of fused-ring (bicyclic) bond motifs is 1. The molecular weight excluding hydrogens is 552 g/mol. The first-order chi connectivity index (χ1) is 18.8. The molecule has 0 atom stereocenters. The fourth-order valence-electron chi connectivity index (χ4n) is 4.13. The maximum Gasteiger partial charge on any atom is 0.278 e. The number of thioether (sulfide) groups is 1. The van der Waals surface area contributed by atoms with Crippen LogP contribution in [0.3, 0.4) is 0 Å². The first kappa shape index (κ1) is 27.0. The summed E-state index contributed by atoms with van der Waals surface area (Å²) in [7, 11) is 0. The highest BCUT2D eigenvalue weighted by Gasteiger charge is 2.21. The van der Waals surface area contributed by atoms with Crippen molar-refractivity contribution < 1.29 is 9.18 Å². The topological polar surface area (TPSA) is 68.9 Å². The van der Waals surface area contributed by atoms with Crippen LogP contribution >= 0.6 is 35.3 Å². The molecule has 0 spiro atoms. The molecular formula is C29H25FN4O2S3. The Morgan fingerprint density at radius 1 is 1.03 bits per heavy atom. The summed E-state index contributed by atoms with van der Waals surface area (Å²) in [5, 5.41) is 3.25. The monoisotopic (exact) mass is 576 g/mol. The Kier molecular flexibility index (Phi) is 8.06. The number of halogens is 1. The number of rotatable bonds is 8. The summed E-state index contributed by atoms with van der Waals surface area (Å²) in [5.74, 6) is -0.581. The Balaban J connectivity index is 1.52. The van der Waals surface area contributed by atoms with Gasteiger partial charge in [-0.25, -0.2) is 9.37 Å². The minimum atomic E-state index is -0.465. The van der Waals surface area contributed by atoms with Crippen LogP contribution in [0.25, 0.3) is 21.7 Å². The van der Waals surface area contributed by atoms with E-state index in [4.69, 9.17) is 17.2 Å². The molecule has 0 bridgehead atoms. The van der Waals surface area contributed by atoms with Crippen LogP contribution in [0.2, 0.25) is 0 Å². The van der Waals surface area contributed by atoms with E-state index >= 15 is 0 Å². The molecule has 5 aromatic rings. The number of carbonyl (C=O) groups excluding carboxylic acids is 1. The van der Waals surface area contributed by atoms with Crippen LogP contribution in [0.1, 0.15) is 16.7 Å². The number of aromatic nitrogens is 3. The molecule has 6 nitrogen and oxygen atoms in total. The third kappa shape index (κ3) is 5.88. The molecule has 0 aliphatic heterocycles. The molecule has 1 amide bonds. The summed E-state index contributed by atoms with van der Waals surface area (Å²) >= 11 is 7.82. The number of hydrogen-bond donors (Lipinski definition) is 1. The Labute approximate surface area is 238 Å². The van der Waals surface area contributed by atoms with Gasteiger partial charge in [-0.3, -0.25) is 18.7 Å². The van der Waals surface area contributed by atoms with Crippen molar-refractivity contribution in [2.45, 2.75) is 25.4 Å². The molecule has 3 aromatic carbocycles. The molecule has 0 saturated carbocycles. The molecule has 0 unspecified atom stereocenters. The lowest BCUT2D eigenvalue weighted by Crippen LogP contribution is -2.28. The predicted molar refractivity (Wildman–Crippen MR) is 159 cm³/mol. The molecule has 198 valence electrons. The normalized spacial score (nSPS) is 11.2. The number of amides is 1. The maximum atomic E-state index is 14.9. The number of benzene rings is 3. The smallest absolute Gasteiger partial charge is 0.278 e. The van der Waals surface area contributed by atoms with Crippen molar-refractivity contribution in [3.63, 3.8) is 0 Å². The predicted octanol–water partition coefficient (Wildman–Crippen LogP) is 6.17. The third-order valence-electron chi connectivity index (χ3n) is 6.12. The number of thiazole rings is 1. The van der Waals surface area contributed by atoms with Crippen molar-refractivity contribution >= 4 is 51.6 Å². The highest BCUT2D eigenvalue weighted by Crippen LogP contribution is 2.29. The summed E-state index contributed by atoms with van der Waals surface area (Å²) in [6.45, 7) is 4.32. The van der Waals surface area contributed by atoms with E-state index in [1.807, 2.05) is 68.4 Å². The van der Waals surface area contributed by atoms with Gasteiger partial charge in [0.2, 0.25) is 5.91 Å². The van der Waals surface area contributed by atoms with Gasteiger partial charge in [-0.2, -0.15) is 0 Å². The van der Waals surface area contributed by atoms with Crippen molar-refractivity contribution in [1.29, 1.82) is 0 Å². The average molecular weight is 577 g/mol. The van der Waals surface area contributed by atoms with Crippen LogP contribution in [0, 0.1) is 23.6 Å². The zero-order valence-corrected chi connectivity index (χ0v) is 23.8. The average Bonchev–Trinajstić information content (AvgIpc) is 3.26. The highest BCUT2D eigenvalue weighted by molar-refractivity contribution is 7.99. The molecule has 0 aliphatic rings. The van der Waals surface area contributed by atoms with E-state index in [1.165, 1.54) is 15.2 Å². The first-order valence-corrected chi connectivity index (χ1v) is 14.5. The molecule has 1 N–H and O–H groups in total. The third-order valence-corrected chi connectivity index (χ3v) is 8.41. The summed E-state index contributed by atoms with van der Waals surface area (Å²) < 4.78 is 18.5. The van der Waals surface area contributed by atoms with Gasteiger partial charge in [0, 0.05) is 6.54 Å². The van der Waals surface area contributed by atoms with E-state index in [2.05, 4.69) is 5.32 Å². The van der Waals surface area contributed by atoms with Gasteiger partial charge < -0.3 is 5.32 Å². The van der Waals surface area contributed by atoms with Gasteiger partial charge in [0.05, 0.1) is 17.1 Å². The fraction of sp³-hybridized carbons (Fsp3) is 0.172. The van der Waals surface area contributed by atoms with Gasteiger partial charge >= 0.3 is 0 Å². The van der Waals surface area contributed by atoms with Crippen molar-refractivity contribution in [2.24, 2.45) is 0 Å². The second-order valence-electron chi connectivity index (χ2n) is 9.06. The Morgan fingerprint density at radius 2 is 1.74 bits per heavy atom. The minimum absolute atomic E-state index is 0.0578. The van der Waals surface area contributed by atoms with E-state index in [0.29, 0.717) is 32.5 Å². The second kappa shape index (κ2) is 11.6. The summed E-state index contributed by atoms with van der Waals surface area (Å²) in [5.41, 5.74) is 3.84. The molecule has 0 radical (unpaired) electrons. The molecule has 0 fully saturated rings. The highest BCUT2D eigenvalue weighted by atomic mass is 32.2. The van der Waals surface area contributed by atoms with E-state index in [0.717, 1.165) is 39.8 Å². The quantitative estimate of drug-likeness (QED) is 0.136. The van der Waals surface area contributed by atoms with Gasteiger partial charge in [-0.1, -0.05) is 77.2 Å². The van der Waals surface area contributed by atoms with Gasteiger partial charge in [0.15, 0.2) is 14.8 Å². The van der Waals surface area contributed by atoms with Crippen molar-refractivity contribution in [1.82, 2.24) is 19.4 Å². The Hall–Kier alpha value is -3.60. The van der Waals surface area contributed by atoms with E-state index in [-0.39, 0.29) is 28.6 Å². The van der Waals surface area contributed by atoms with Crippen LogP contribution in [-0.2, 0) is 11.2 Å². The van der Waals surface area contributed by atoms with E-state index < -0.39 is 5.82 Å². The Morgan fingerprint density at radius 3 is 2.49 bits per heavy atom. The van der Waals surface area contributed by atoms with Crippen LogP contribution < -0.4 is 10.9 Å². The molecule has 0 aliphatic carbocycles. The summed E-state index contributed by atoms with van der Waals surface area (Å²) in [4.78, 5) is 31.3. The summed E-state index contributed by atoms with van der Waals surface area (Å²) in [6.07, 6.45) is 0.716. The number of nitrogens with one attached hydrogen (secondary N) is 1. The lowest BCUT2D eigenvalue weighted by Gasteiger charge is -2.13. The molecule has 2 heterocycles. The molecule has 0 saturated heterocycles. The number of carbonyl (C=O) groups is 1. The van der Waals surface area contributed by atoms with Crippen LogP contribution in [0.5, 0.6) is 0 Å². The first-order valence-electron chi connectivity index (χ1n) is 12.3. The number of hydrogen-bond acceptors (Lipinski definition) is 6. The zero-order valence-electron chi connectivity index (χ0n) is 21.3. The lowest BCUT2D eigenvalue weighted by atomic mass is 10.1. The SMILES string of the molecule is Cc1ccc(-n2c(SCC(=O)NCCc3ccccc3)nc3c(sc(=S)n3-c3cc(C)ccc3F)c2=O)cc1. The van der Waals surface area contributed by atoms with Gasteiger partial charge in [-0.15, -0.1) is 0 Å². The van der Waals surface area contributed by atoms with Crippen LogP contribution in [0.15, 0.2) is 82.7 Å². The molecule has 10 heteroatoms. The molecule has 2 aromatic heterocycles.